The maximum atomic E-state index is 10.2. The summed E-state index contributed by atoms with van der Waals surface area (Å²) in [5.74, 6) is 0.358. The van der Waals surface area contributed by atoms with E-state index >= 15 is 0 Å². The molecular formula is C8H17NO2S. The SMILES string of the molecule is CSCCC[C@H](N)CCC(=O)O. The third-order valence-electron chi connectivity index (χ3n) is 1.65. The van der Waals surface area contributed by atoms with E-state index in [1.807, 2.05) is 0 Å². The molecule has 0 amide bonds. The van der Waals surface area contributed by atoms with E-state index in [0.717, 1.165) is 18.6 Å². The summed E-state index contributed by atoms with van der Waals surface area (Å²) in [5, 5.41) is 8.37. The van der Waals surface area contributed by atoms with Crippen molar-refractivity contribution < 1.29 is 9.90 Å². The normalized spacial score (nSPS) is 12.8. The molecule has 3 N–H and O–H groups in total. The van der Waals surface area contributed by atoms with Crippen LogP contribution in [-0.4, -0.2) is 29.1 Å². The molecule has 0 aromatic carbocycles. The van der Waals surface area contributed by atoms with Crippen molar-refractivity contribution >= 4 is 17.7 Å². The molecule has 3 nitrogen and oxygen atoms in total. The lowest BCUT2D eigenvalue weighted by Gasteiger charge is -2.08. The molecule has 72 valence electrons. The van der Waals surface area contributed by atoms with Gasteiger partial charge < -0.3 is 10.8 Å². The predicted octanol–water partition coefficient (Wildman–Crippen LogP) is 1.32. The highest BCUT2D eigenvalue weighted by atomic mass is 32.2. The first-order chi connectivity index (χ1) is 5.66. The fraction of sp³-hybridized carbons (Fsp3) is 0.875. The monoisotopic (exact) mass is 191 g/mol. The van der Waals surface area contributed by atoms with Crippen LogP contribution in [0.4, 0.5) is 0 Å². The smallest absolute Gasteiger partial charge is 0.303 e. The molecule has 0 aliphatic heterocycles. The Labute approximate surface area is 77.7 Å². The molecule has 0 bridgehead atoms. The zero-order valence-electron chi connectivity index (χ0n) is 7.45. The van der Waals surface area contributed by atoms with Gasteiger partial charge in [0.25, 0.3) is 0 Å². The zero-order valence-corrected chi connectivity index (χ0v) is 8.27. The fourth-order valence-electron chi connectivity index (χ4n) is 0.943. The van der Waals surface area contributed by atoms with E-state index in [1.165, 1.54) is 0 Å². The highest BCUT2D eigenvalue weighted by Crippen LogP contribution is 2.05. The van der Waals surface area contributed by atoms with Crippen LogP contribution in [0.2, 0.25) is 0 Å². The van der Waals surface area contributed by atoms with E-state index < -0.39 is 5.97 Å². The van der Waals surface area contributed by atoms with Gasteiger partial charge in [0, 0.05) is 12.5 Å². The van der Waals surface area contributed by atoms with Gasteiger partial charge in [-0.15, -0.1) is 0 Å². The van der Waals surface area contributed by atoms with Crippen molar-refractivity contribution in [3.63, 3.8) is 0 Å². The number of hydrogen-bond donors (Lipinski definition) is 2. The van der Waals surface area contributed by atoms with Crippen LogP contribution in [0.15, 0.2) is 0 Å². The van der Waals surface area contributed by atoms with Gasteiger partial charge in [0.1, 0.15) is 0 Å². The van der Waals surface area contributed by atoms with Crippen LogP contribution >= 0.6 is 11.8 Å². The molecule has 0 saturated heterocycles. The Morgan fingerprint density at radius 3 is 2.75 bits per heavy atom. The summed E-state index contributed by atoms with van der Waals surface area (Å²) >= 11 is 1.80. The molecular weight excluding hydrogens is 174 g/mol. The van der Waals surface area contributed by atoms with E-state index in [4.69, 9.17) is 10.8 Å². The molecule has 12 heavy (non-hydrogen) atoms. The van der Waals surface area contributed by atoms with Crippen LogP contribution in [-0.2, 0) is 4.79 Å². The Kier molecular flexibility index (Phi) is 7.29. The van der Waals surface area contributed by atoms with Crippen LogP contribution in [0, 0.1) is 0 Å². The molecule has 1 atom stereocenters. The average Bonchev–Trinajstić information content (AvgIpc) is 2.01. The van der Waals surface area contributed by atoms with Crippen LogP contribution < -0.4 is 5.73 Å². The minimum atomic E-state index is -0.754. The molecule has 0 rings (SSSR count). The molecule has 0 fully saturated rings. The molecule has 0 aliphatic rings. The first-order valence-corrected chi connectivity index (χ1v) is 5.52. The highest BCUT2D eigenvalue weighted by Gasteiger charge is 2.04. The van der Waals surface area contributed by atoms with Crippen LogP contribution in [0.3, 0.4) is 0 Å². The quantitative estimate of drug-likeness (QED) is 0.596. The second-order valence-electron chi connectivity index (χ2n) is 2.83. The topological polar surface area (TPSA) is 63.3 Å². The van der Waals surface area contributed by atoms with Crippen molar-refractivity contribution in [1.29, 1.82) is 0 Å². The molecule has 4 heteroatoms. The standard InChI is InChI=1S/C8H17NO2S/c1-12-6-2-3-7(9)4-5-8(10)11/h7H,2-6,9H2,1H3,(H,10,11)/t7-/m0/s1. The number of aliphatic carboxylic acids is 1. The first-order valence-electron chi connectivity index (χ1n) is 4.13. The number of rotatable bonds is 7. The van der Waals surface area contributed by atoms with Crippen molar-refractivity contribution in [1.82, 2.24) is 0 Å². The van der Waals surface area contributed by atoms with Crippen LogP contribution in [0.25, 0.3) is 0 Å². The summed E-state index contributed by atoms with van der Waals surface area (Å²) in [6, 6.07) is 0.0632. The summed E-state index contributed by atoms with van der Waals surface area (Å²) in [6.45, 7) is 0. The lowest BCUT2D eigenvalue weighted by atomic mass is 10.1. The Balaban J connectivity index is 3.21. The molecule has 0 aromatic heterocycles. The van der Waals surface area contributed by atoms with Crippen molar-refractivity contribution in [2.24, 2.45) is 5.73 Å². The third-order valence-corrected chi connectivity index (χ3v) is 2.35. The lowest BCUT2D eigenvalue weighted by molar-refractivity contribution is -0.137. The predicted molar refractivity (Wildman–Crippen MR) is 52.5 cm³/mol. The van der Waals surface area contributed by atoms with Crippen molar-refractivity contribution in [3.05, 3.63) is 0 Å². The van der Waals surface area contributed by atoms with Gasteiger partial charge in [-0.25, -0.2) is 0 Å². The largest absolute Gasteiger partial charge is 0.481 e. The van der Waals surface area contributed by atoms with Gasteiger partial charge in [0.05, 0.1) is 0 Å². The van der Waals surface area contributed by atoms with Gasteiger partial charge in [-0.2, -0.15) is 11.8 Å². The second-order valence-corrected chi connectivity index (χ2v) is 3.81. The first kappa shape index (κ1) is 11.8. The molecule has 0 unspecified atom stereocenters. The third kappa shape index (κ3) is 7.88. The van der Waals surface area contributed by atoms with Gasteiger partial charge in [0.2, 0.25) is 0 Å². The number of nitrogens with two attached hydrogens (primary N) is 1. The van der Waals surface area contributed by atoms with Gasteiger partial charge in [-0.1, -0.05) is 0 Å². The molecule has 0 radical (unpaired) electrons. The minimum Gasteiger partial charge on any atom is -0.481 e. The Morgan fingerprint density at radius 2 is 2.25 bits per heavy atom. The number of hydrogen-bond acceptors (Lipinski definition) is 3. The number of carboxylic acids is 1. The summed E-state index contributed by atoms with van der Waals surface area (Å²) in [7, 11) is 0. The lowest BCUT2D eigenvalue weighted by Crippen LogP contribution is -2.21. The van der Waals surface area contributed by atoms with Gasteiger partial charge in [0.15, 0.2) is 0 Å². The van der Waals surface area contributed by atoms with E-state index in [0.29, 0.717) is 6.42 Å². The van der Waals surface area contributed by atoms with E-state index in [1.54, 1.807) is 11.8 Å². The van der Waals surface area contributed by atoms with E-state index in [2.05, 4.69) is 6.26 Å². The second kappa shape index (κ2) is 7.43. The number of carbonyl (C=O) groups is 1. The van der Waals surface area contributed by atoms with Gasteiger partial charge in [-0.05, 0) is 31.3 Å². The summed E-state index contributed by atoms with van der Waals surface area (Å²) < 4.78 is 0. The average molecular weight is 191 g/mol. The molecule has 0 spiro atoms. The van der Waals surface area contributed by atoms with E-state index in [-0.39, 0.29) is 12.5 Å². The fourth-order valence-corrected chi connectivity index (χ4v) is 1.40. The van der Waals surface area contributed by atoms with Gasteiger partial charge in [-0.3, -0.25) is 4.79 Å². The Bertz CT molecular complexity index is 130. The number of thioether (sulfide) groups is 1. The minimum absolute atomic E-state index is 0.0632. The Morgan fingerprint density at radius 1 is 1.58 bits per heavy atom. The zero-order chi connectivity index (χ0) is 9.40. The molecule has 0 heterocycles. The van der Waals surface area contributed by atoms with Crippen molar-refractivity contribution in [2.75, 3.05) is 12.0 Å². The molecule has 0 aromatic rings. The van der Waals surface area contributed by atoms with E-state index in [9.17, 15) is 4.79 Å². The maximum Gasteiger partial charge on any atom is 0.303 e. The van der Waals surface area contributed by atoms with Crippen molar-refractivity contribution in [3.8, 4) is 0 Å². The Hall–Kier alpha value is -0.220. The maximum absolute atomic E-state index is 10.2. The van der Waals surface area contributed by atoms with Crippen LogP contribution in [0.1, 0.15) is 25.7 Å². The summed E-state index contributed by atoms with van der Waals surface area (Å²) in [4.78, 5) is 10.2. The summed E-state index contributed by atoms with van der Waals surface area (Å²) in [5.41, 5.74) is 5.69. The highest BCUT2D eigenvalue weighted by molar-refractivity contribution is 7.98. The summed E-state index contributed by atoms with van der Waals surface area (Å²) in [6.07, 6.45) is 4.88. The molecule has 0 aliphatic carbocycles. The number of carboxylic acid groups (broad SMARTS) is 1. The van der Waals surface area contributed by atoms with Crippen LogP contribution in [0.5, 0.6) is 0 Å². The van der Waals surface area contributed by atoms with Crippen molar-refractivity contribution in [2.45, 2.75) is 31.7 Å². The molecule has 0 saturated carbocycles. The van der Waals surface area contributed by atoms with Gasteiger partial charge >= 0.3 is 5.97 Å².